The van der Waals surface area contributed by atoms with Crippen LogP contribution in [0.5, 0.6) is 5.75 Å². The number of nitrogens with zero attached hydrogens (tertiary/aromatic N) is 1. The van der Waals surface area contributed by atoms with Gasteiger partial charge in [0.1, 0.15) is 5.75 Å². The van der Waals surface area contributed by atoms with Crippen molar-refractivity contribution < 1.29 is 14.3 Å². The lowest BCUT2D eigenvalue weighted by atomic mass is 9.82. The molecule has 0 amide bonds. The van der Waals surface area contributed by atoms with Crippen LogP contribution in [0.1, 0.15) is 50.7 Å². The van der Waals surface area contributed by atoms with Gasteiger partial charge >= 0.3 is 5.97 Å². The molecule has 6 heteroatoms. The Balaban J connectivity index is 1.69. The topological polar surface area (TPSA) is 50.8 Å². The van der Waals surface area contributed by atoms with E-state index in [9.17, 15) is 4.79 Å². The van der Waals surface area contributed by atoms with Gasteiger partial charge in [-0.25, -0.2) is 0 Å². The monoisotopic (exact) mass is 468 g/mol. The van der Waals surface area contributed by atoms with Crippen LogP contribution in [-0.2, 0) is 22.5 Å². The molecule has 0 aliphatic heterocycles. The Hall–Kier alpha value is -2.60. The van der Waals surface area contributed by atoms with Gasteiger partial charge in [0.25, 0.3) is 0 Å². The molecule has 1 fully saturated rings. The van der Waals surface area contributed by atoms with Crippen molar-refractivity contribution in [2.75, 3.05) is 25.6 Å². The summed E-state index contributed by atoms with van der Waals surface area (Å²) >= 11 is 5.90. The van der Waals surface area contributed by atoms with Crippen LogP contribution < -0.4 is 10.1 Å². The van der Waals surface area contributed by atoms with E-state index in [0.29, 0.717) is 12.5 Å². The summed E-state index contributed by atoms with van der Waals surface area (Å²) in [5.74, 6) is 1.34. The normalized spacial score (nSPS) is 17.8. The summed E-state index contributed by atoms with van der Waals surface area (Å²) in [6, 6.07) is 16.5. The molecular formula is C27H36N2O3S. The van der Waals surface area contributed by atoms with E-state index in [2.05, 4.69) is 47.5 Å². The maximum atomic E-state index is 12.1. The lowest BCUT2D eigenvalue weighted by Crippen LogP contribution is -2.39. The first-order valence-corrected chi connectivity index (χ1v) is 12.4. The number of benzene rings is 2. The number of esters is 1. The first-order valence-electron chi connectivity index (χ1n) is 12.0. The standard InChI is InChI=1S/C27H36N2O3S/c1-4-22-8-6-7-9-25(22)28-27(33)29(19-21-12-16-24(31-3)17-13-21)18-20-10-14-23(15-11-20)26(30)32-5-2/h6-9,12-13,16-17,20,23H,4-5,10-11,14-15,18-19H2,1-3H3,(H,28,33). The molecule has 0 unspecified atom stereocenters. The van der Waals surface area contributed by atoms with Gasteiger partial charge in [-0.2, -0.15) is 0 Å². The summed E-state index contributed by atoms with van der Waals surface area (Å²) in [6.07, 6.45) is 4.74. The molecule has 2 aromatic rings. The van der Waals surface area contributed by atoms with Gasteiger partial charge in [0.2, 0.25) is 0 Å². The average Bonchev–Trinajstić information content (AvgIpc) is 2.85. The summed E-state index contributed by atoms with van der Waals surface area (Å²) in [7, 11) is 1.68. The predicted molar refractivity (Wildman–Crippen MR) is 138 cm³/mol. The minimum Gasteiger partial charge on any atom is -0.497 e. The van der Waals surface area contributed by atoms with Gasteiger partial charge in [0.05, 0.1) is 19.6 Å². The van der Waals surface area contributed by atoms with E-state index in [-0.39, 0.29) is 11.9 Å². The quantitative estimate of drug-likeness (QED) is 0.369. The largest absolute Gasteiger partial charge is 0.497 e. The van der Waals surface area contributed by atoms with Crippen LogP contribution in [0.3, 0.4) is 0 Å². The molecule has 33 heavy (non-hydrogen) atoms. The number of thiocarbonyl (C=S) groups is 1. The second-order valence-corrected chi connectivity index (χ2v) is 9.03. The molecule has 178 valence electrons. The molecule has 3 rings (SSSR count). The molecule has 0 bridgehead atoms. The number of nitrogens with one attached hydrogen (secondary N) is 1. The highest BCUT2D eigenvalue weighted by molar-refractivity contribution is 7.80. The molecule has 0 atom stereocenters. The number of aryl methyl sites for hydroxylation is 1. The zero-order chi connectivity index (χ0) is 23.6. The lowest BCUT2D eigenvalue weighted by molar-refractivity contribution is -0.149. The van der Waals surface area contributed by atoms with Crippen molar-refractivity contribution in [2.45, 2.75) is 52.5 Å². The Labute approximate surface area is 203 Å². The molecule has 5 nitrogen and oxygen atoms in total. The van der Waals surface area contributed by atoms with E-state index in [0.717, 1.165) is 61.7 Å². The Morgan fingerprint density at radius 1 is 1.06 bits per heavy atom. The highest BCUT2D eigenvalue weighted by Crippen LogP contribution is 2.31. The van der Waals surface area contributed by atoms with E-state index < -0.39 is 0 Å². The van der Waals surface area contributed by atoms with Crippen molar-refractivity contribution in [3.63, 3.8) is 0 Å². The third-order valence-electron chi connectivity index (χ3n) is 6.40. The maximum absolute atomic E-state index is 12.1. The summed E-state index contributed by atoms with van der Waals surface area (Å²) in [4.78, 5) is 14.4. The number of ether oxygens (including phenoxy) is 2. The predicted octanol–water partition coefficient (Wildman–Crippen LogP) is 5.83. The number of carbonyl (C=O) groups excluding carboxylic acids is 1. The number of methoxy groups -OCH3 is 1. The number of hydrogen-bond acceptors (Lipinski definition) is 4. The minimum absolute atomic E-state index is 0.0396. The van der Waals surface area contributed by atoms with Gasteiger partial charge in [-0.15, -0.1) is 0 Å². The molecule has 0 radical (unpaired) electrons. The molecule has 0 aromatic heterocycles. The SMILES string of the molecule is CCOC(=O)C1CCC(CN(Cc2ccc(OC)cc2)C(=S)Nc2ccccc2CC)CC1. The number of para-hydroxylation sites is 1. The molecular weight excluding hydrogens is 432 g/mol. The maximum Gasteiger partial charge on any atom is 0.308 e. The van der Waals surface area contributed by atoms with Gasteiger partial charge in [0, 0.05) is 18.8 Å². The van der Waals surface area contributed by atoms with E-state index in [1.54, 1.807) is 7.11 Å². The lowest BCUT2D eigenvalue weighted by Gasteiger charge is -2.34. The molecule has 1 aliphatic carbocycles. The summed E-state index contributed by atoms with van der Waals surface area (Å²) in [5.41, 5.74) is 3.50. The smallest absolute Gasteiger partial charge is 0.308 e. The first kappa shape index (κ1) is 25.0. The zero-order valence-electron chi connectivity index (χ0n) is 20.0. The van der Waals surface area contributed by atoms with Crippen LogP contribution in [0.25, 0.3) is 0 Å². The molecule has 2 aromatic carbocycles. The van der Waals surface area contributed by atoms with Crippen molar-refractivity contribution in [2.24, 2.45) is 11.8 Å². The van der Waals surface area contributed by atoms with Crippen LogP contribution in [-0.4, -0.2) is 36.2 Å². The van der Waals surface area contributed by atoms with Crippen LogP contribution in [0, 0.1) is 11.8 Å². The van der Waals surface area contributed by atoms with Gasteiger partial charge < -0.3 is 19.7 Å². The fourth-order valence-electron chi connectivity index (χ4n) is 4.47. The molecule has 0 heterocycles. The van der Waals surface area contributed by atoms with Crippen molar-refractivity contribution in [1.82, 2.24) is 4.90 Å². The van der Waals surface area contributed by atoms with Crippen LogP contribution in [0.2, 0.25) is 0 Å². The third kappa shape index (κ3) is 7.19. The van der Waals surface area contributed by atoms with Gasteiger partial charge in [-0.05, 0) is 86.5 Å². The minimum atomic E-state index is -0.0422. The molecule has 0 saturated heterocycles. The van der Waals surface area contributed by atoms with Crippen LogP contribution in [0.4, 0.5) is 5.69 Å². The highest BCUT2D eigenvalue weighted by Gasteiger charge is 2.28. The summed E-state index contributed by atoms with van der Waals surface area (Å²) in [6.45, 7) is 6.06. The van der Waals surface area contributed by atoms with Crippen molar-refractivity contribution in [3.05, 3.63) is 59.7 Å². The van der Waals surface area contributed by atoms with Crippen LogP contribution >= 0.6 is 12.2 Å². The second-order valence-electron chi connectivity index (χ2n) is 8.64. The average molecular weight is 469 g/mol. The van der Waals surface area contributed by atoms with E-state index in [4.69, 9.17) is 21.7 Å². The van der Waals surface area contributed by atoms with Gasteiger partial charge in [-0.3, -0.25) is 4.79 Å². The summed E-state index contributed by atoms with van der Waals surface area (Å²) in [5, 5.41) is 4.23. The highest BCUT2D eigenvalue weighted by atomic mass is 32.1. The zero-order valence-corrected chi connectivity index (χ0v) is 20.8. The Morgan fingerprint density at radius 2 is 1.76 bits per heavy atom. The Morgan fingerprint density at radius 3 is 2.39 bits per heavy atom. The molecule has 1 aliphatic rings. The summed E-state index contributed by atoms with van der Waals surface area (Å²) < 4.78 is 10.5. The second kappa shape index (κ2) is 12.6. The van der Waals surface area contributed by atoms with Crippen LogP contribution in [0.15, 0.2) is 48.5 Å². The number of carbonyl (C=O) groups is 1. The first-order chi connectivity index (χ1) is 16.0. The van der Waals surface area contributed by atoms with E-state index >= 15 is 0 Å². The van der Waals surface area contributed by atoms with Gasteiger partial charge in [-0.1, -0.05) is 37.3 Å². The number of anilines is 1. The fraction of sp³-hybridized carbons (Fsp3) is 0.481. The number of hydrogen-bond donors (Lipinski definition) is 1. The third-order valence-corrected chi connectivity index (χ3v) is 6.77. The van der Waals surface area contributed by atoms with Gasteiger partial charge in [0.15, 0.2) is 5.11 Å². The molecule has 0 spiro atoms. The Bertz CT molecular complexity index is 908. The Kier molecular flexibility index (Phi) is 9.55. The number of rotatable bonds is 9. The van der Waals surface area contributed by atoms with E-state index in [1.165, 1.54) is 11.1 Å². The van der Waals surface area contributed by atoms with Crippen molar-refractivity contribution >= 4 is 29.0 Å². The van der Waals surface area contributed by atoms with Crippen molar-refractivity contribution in [3.8, 4) is 5.75 Å². The van der Waals surface area contributed by atoms with Crippen molar-refractivity contribution in [1.29, 1.82) is 0 Å². The molecule has 1 N–H and O–H groups in total. The fourth-order valence-corrected chi connectivity index (χ4v) is 4.72. The van der Waals surface area contributed by atoms with E-state index in [1.807, 2.05) is 25.1 Å². The molecule has 1 saturated carbocycles.